The van der Waals surface area contributed by atoms with Gasteiger partial charge in [0, 0.05) is 25.1 Å². The predicted octanol–water partition coefficient (Wildman–Crippen LogP) is 2.67. The largest absolute Gasteiger partial charge is 0.398 e. The highest BCUT2D eigenvalue weighted by atomic mass is 32.2. The van der Waals surface area contributed by atoms with Gasteiger partial charge in [-0.3, -0.25) is 4.79 Å². The lowest BCUT2D eigenvalue weighted by Gasteiger charge is -2.14. The maximum Gasteiger partial charge on any atom is 0.237 e. The van der Waals surface area contributed by atoms with Crippen LogP contribution in [0.15, 0.2) is 18.2 Å². The highest BCUT2D eigenvalue weighted by Crippen LogP contribution is 2.22. The van der Waals surface area contributed by atoms with E-state index in [-0.39, 0.29) is 11.2 Å². The van der Waals surface area contributed by atoms with Crippen molar-refractivity contribution in [2.75, 3.05) is 30.5 Å². The normalized spacial score (nSPS) is 12.2. The second-order valence-corrected chi connectivity index (χ2v) is 5.82. The zero-order valence-corrected chi connectivity index (χ0v) is 12.5. The van der Waals surface area contributed by atoms with Gasteiger partial charge in [0.15, 0.2) is 0 Å². The van der Waals surface area contributed by atoms with Crippen LogP contribution in [0.4, 0.5) is 11.4 Å². The number of thioether (sulfide) groups is 1. The summed E-state index contributed by atoms with van der Waals surface area (Å²) in [7, 11) is 1.68. The quantitative estimate of drug-likeness (QED) is 0.596. The molecule has 0 radical (unpaired) electrons. The van der Waals surface area contributed by atoms with Crippen molar-refractivity contribution in [2.24, 2.45) is 0 Å². The van der Waals surface area contributed by atoms with Crippen molar-refractivity contribution >= 4 is 29.0 Å². The van der Waals surface area contributed by atoms with Crippen LogP contribution in [0.25, 0.3) is 0 Å². The number of ether oxygens (including phenoxy) is 1. The number of rotatable bonds is 7. The smallest absolute Gasteiger partial charge is 0.237 e. The first-order valence-electron chi connectivity index (χ1n) is 6.32. The third-order valence-electron chi connectivity index (χ3n) is 2.86. The van der Waals surface area contributed by atoms with Gasteiger partial charge in [-0.2, -0.15) is 0 Å². The Bertz CT molecular complexity index is 424. The summed E-state index contributed by atoms with van der Waals surface area (Å²) in [6.45, 7) is 4.55. The Morgan fingerprint density at radius 3 is 2.95 bits per heavy atom. The summed E-state index contributed by atoms with van der Waals surface area (Å²) in [5.41, 5.74) is 8.20. The Labute approximate surface area is 119 Å². The molecule has 1 aromatic carbocycles. The van der Waals surface area contributed by atoms with Crippen LogP contribution in [-0.2, 0) is 9.53 Å². The summed E-state index contributed by atoms with van der Waals surface area (Å²) >= 11 is 1.63. The van der Waals surface area contributed by atoms with Gasteiger partial charge in [0.05, 0.1) is 5.25 Å². The highest BCUT2D eigenvalue weighted by molar-refractivity contribution is 8.00. The van der Waals surface area contributed by atoms with E-state index in [4.69, 9.17) is 10.5 Å². The summed E-state index contributed by atoms with van der Waals surface area (Å²) in [6, 6.07) is 5.54. The molecule has 19 heavy (non-hydrogen) atoms. The second kappa shape index (κ2) is 8.07. The summed E-state index contributed by atoms with van der Waals surface area (Å²) in [5.74, 6) is 0.925. The minimum absolute atomic E-state index is 0.0103. The van der Waals surface area contributed by atoms with Crippen LogP contribution in [-0.4, -0.2) is 30.6 Å². The van der Waals surface area contributed by atoms with Crippen LogP contribution in [0, 0.1) is 6.92 Å². The minimum atomic E-state index is -0.0855. The Balaban J connectivity index is 2.47. The van der Waals surface area contributed by atoms with E-state index in [0.29, 0.717) is 5.69 Å². The van der Waals surface area contributed by atoms with E-state index in [1.54, 1.807) is 18.9 Å². The molecule has 1 aromatic rings. The molecule has 0 heterocycles. The van der Waals surface area contributed by atoms with E-state index in [9.17, 15) is 4.79 Å². The number of carbonyl (C=O) groups excluding carboxylic acids is 1. The molecule has 0 saturated carbocycles. The fourth-order valence-electron chi connectivity index (χ4n) is 1.56. The van der Waals surface area contributed by atoms with Gasteiger partial charge in [-0.25, -0.2) is 0 Å². The van der Waals surface area contributed by atoms with E-state index in [2.05, 4.69) is 5.32 Å². The third-order valence-corrected chi connectivity index (χ3v) is 4.10. The van der Waals surface area contributed by atoms with Crippen LogP contribution in [0.3, 0.4) is 0 Å². The number of nitrogens with two attached hydrogens (primary N) is 1. The zero-order valence-electron chi connectivity index (χ0n) is 11.7. The molecule has 1 atom stereocenters. The second-order valence-electron chi connectivity index (χ2n) is 4.37. The minimum Gasteiger partial charge on any atom is -0.398 e. The molecule has 5 heteroatoms. The lowest BCUT2D eigenvalue weighted by atomic mass is 10.1. The fraction of sp³-hybridized carbons (Fsp3) is 0.500. The number of nitrogens with one attached hydrogen (secondary N) is 1. The molecule has 0 aliphatic carbocycles. The molecule has 1 amide bonds. The molecule has 106 valence electrons. The number of nitrogen functional groups attached to an aromatic ring is 1. The summed E-state index contributed by atoms with van der Waals surface area (Å²) in [4.78, 5) is 12.0. The van der Waals surface area contributed by atoms with Crippen molar-refractivity contribution in [2.45, 2.75) is 25.5 Å². The summed E-state index contributed by atoms with van der Waals surface area (Å²) < 4.78 is 4.98. The standard InChI is InChI=1S/C14H22N2O2S/c1-10-12(15)6-4-7-13(10)16-14(17)11(2)19-9-5-8-18-3/h4,6-7,11H,5,8-9,15H2,1-3H3,(H,16,17). The van der Waals surface area contributed by atoms with E-state index >= 15 is 0 Å². The average molecular weight is 282 g/mol. The molecular formula is C14H22N2O2S. The molecule has 4 nitrogen and oxygen atoms in total. The maximum atomic E-state index is 12.0. The van der Waals surface area contributed by atoms with Gasteiger partial charge in [0.1, 0.15) is 0 Å². The van der Waals surface area contributed by atoms with Crippen LogP contribution in [0.2, 0.25) is 0 Å². The molecular weight excluding hydrogens is 260 g/mol. The number of anilines is 2. The molecule has 0 fully saturated rings. The van der Waals surface area contributed by atoms with E-state index in [1.165, 1.54) is 0 Å². The SMILES string of the molecule is COCCCSC(C)C(=O)Nc1cccc(N)c1C. The van der Waals surface area contributed by atoms with Crippen molar-refractivity contribution in [1.29, 1.82) is 0 Å². The Morgan fingerprint density at radius 2 is 2.26 bits per heavy atom. The van der Waals surface area contributed by atoms with E-state index in [1.807, 2.05) is 32.0 Å². The maximum absolute atomic E-state index is 12.0. The van der Waals surface area contributed by atoms with Crippen molar-refractivity contribution in [3.63, 3.8) is 0 Å². The highest BCUT2D eigenvalue weighted by Gasteiger charge is 2.14. The van der Waals surface area contributed by atoms with Crippen LogP contribution in [0.5, 0.6) is 0 Å². The van der Waals surface area contributed by atoms with Gasteiger partial charge >= 0.3 is 0 Å². The lowest BCUT2D eigenvalue weighted by Crippen LogP contribution is -2.23. The molecule has 0 aromatic heterocycles. The van der Waals surface area contributed by atoms with Crippen molar-refractivity contribution in [3.05, 3.63) is 23.8 Å². The van der Waals surface area contributed by atoms with Crippen molar-refractivity contribution in [3.8, 4) is 0 Å². The summed E-state index contributed by atoms with van der Waals surface area (Å²) in [6.07, 6.45) is 0.954. The first-order chi connectivity index (χ1) is 9.06. The number of carbonyl (C=O) groups is 1. The van der Waals surface area contributed by atoms with Crippen LogP contribution < -0.4 is 11.1 Å². The number of benzene rings is 1. The van der Waals surface area contributed by atoms with Gasteiger partial charge in [0.25, 0.3) is 0 Å². The van der Waals surface area contributed by atoms with Crippen molar-refractivity contribution in [1.82, 2.24) is 0 Å². The molecule has 1 rings (SSSR count). The lowest BCUT2D eigenvalue weighted by molar-refractivity contribution is -0.115. The van der Waals surface area contributed by atoms with E-state index in [0.717, 1.165) is 30.0 Å². The van der Waals surface area contributed by atoms with Crippen molar-refractivity contribution < 1.29 is 9.53 Å². The Kier molecular flexibility index (Phi) is 6.73. The number of hydrogen-bond acceptors (Lipinski definition) is 4. The van der Waals surface area contributed by atoms with Gasteiger partial charge < -0.3 is 15.8 Å². The van der Waals surface area contributed by atoms with Gasteiger partial charge in [-0.1, -0.05) is 6.07 Å². The molecule has 1 unspecified atom stereocenters. The topological polar surface area (TPSA) is 64.3 Å². The predicted molar refractivity (Wildman–Crippen MR) is 82.6 cm³/mol. The fourth-order valence-corrected chi connectivity index (χ4v) is 2.41. The first kappa shape index (κ1) is 15.9. The average Bonchev–Trinajstić information content (AvgIpc) is 2.39. The van der Waals surface area contributed by atoms with Gasteiger partial charge in [-0.05, 0) is 43.7 Å². The molecule has 0 aliphatic heterocycles. The zero-order chi connectivity index (χ0) is 14.3. The molecule has 0 saturated heterocycles. The first-order valence-corrected chi connectivity index (χ1v) is 7.37. The third kappa shape index (κ3) is 5.12. The summed E-state index contributed by atoms with van der Waals surface area (Å²) in [5, 5.41) is 2.84. The number of methoxy groups -OCH3 is 1. The van der Waals surface area contributed by atoms with Gasteiger partial charge in [-0.15, -0.1) is 11.8 Å². The monoisotopic (exact) mass is 282 g/mol. The Morgan fingerprint density at radius 1 is 1.53 bits per heavy atom. The number of amides is 1. The molecule has 3 N–H and O–H groups in total. The number of hydrogen-bond donors (Lipinski definition) is 2. The van der Waals surface area contributed by atoms with E-state index < -0.39 is 0 Å². The van der Waals surface area contributed by atoms with Gasteiger partial charge in [0.2, 0.25) is 5.91 Å². The van der Waals surface area contributed by atoms with Crippen LogP contribution in [0.1, 0.15) is 18.9 Å². The van der Waals surface area contributed by atoms with Crippen LogP contribution >= 0.6 is 11.8 Å². The molecule has 0 spiro atoms. The Hall–Kier alpha value is -1.20. The molecule has 0 bridgehead atoms. The molecule has 0 aliphatic rings.